The average Bonchev–Trinajstić information content (AvgIpc) is 1.80. The average molecular weight is 225 g/mol. The van der Waals surface area contributed by atoms with Gasteiger partial charge in [0.15, 0.2) is 0 Å². The minimum atomic E-state index is 1.11. The van der Waals surface area contributed by atoms with Gasteiger partial charge in [0, 0.05) is 0 Å². The van der Waals surface area contributed by atoms with Crippen LogP contribution in [-0.2, 0) is 0 Å². The van der Waals surface area contributed by atoms with Crippen LogP contribution in [0.3, 0.4) is 0 Å². The Kier molecular flexibility index (Phi) is 2.11. The van der Waals surface area contributed by atoms with Gasteiger partial charge in [0.05, 0.1) is 0 Å². The van der Waals surface area contributed by atoms with Gasteiger partial charge < -0.3 is 0 Å². The van der Waals surface area contributed by atoms with Gasteiger partial charge in [0.25, 0.3) is 0 Å². The van der Waals surface area contributed by atoms with E-state index >= 15 is 0 Å². The van der Waals surface area contributed by atoms with Crippen molar-refractivity contribution < 1.29 is 0 Å². The molecule has 0 amide bonds. The molecule has 0 saturated heterocycles. The van der Waals surface area contributed by atoms with Gasteiger partial charge in [-0.05, 0) is 0 Å². The van der Waals surface area contributed by atoms with Crippen LogP contribution >= 0.6 is 0 Å². The van der Waals surface area contributed by atoms with E-state index in [-0.39, 0.29) is 0 Å². The summed E-state index contributed by atoms with van der Waals surface area (Å²) in [6.45, 7) is 4.07. The molecule has 0 N–H and O–H groups in total. The molecule has 0 saturated carbocycles. The molecule has 0 unspecified atom stereocenters. The second kappa shape index (κ2) is 2.69. The summed E-state index contributed by atoms with van der Waals surface area (Å²) in [5, 5.41) is 0. The Bertz CT molecular complexity index is 220. The van der Waals surface area contributed by atoms with Crippen molar-refractivity contribution in [1.82, 2.24) is 4.98 Å². The number of nitrogens with zero attached hydrogens (tertiary/aromatic N) is 1. The fourth-order valence-electron chi connectivity index (χ4n) is 0.687. The minimum absolute atomic E-state index is 1.11. The molecule has 0 fully saturated rings. The van der Waals surface area contributed by atoms with Crippen LogP contribution in [0.15, 0.2) is 12.1 Å². The van der Waals surface area contributed by atoms with Gasteiger partial charge in [-0.1, -0.05) is 0 Å². The van der Waals surface area contributed by atoms with E-state index in [4.69, 9.17) is 0 Å². The van der Waals surface area contributed by atoms with Gasteiger partial charge in [-0.25, -0.2) is 0 Å². The van der Waals surface area contributed by atoms with Crippen LogP contribution in [0.25, 0.3) is 0 Å². The number of pyridine rings is 1. The molecule has 1 nitrogen and oxygen atoms in total. The second-order valence-corrected chi connectivity index (χ2v) is 3.62. The van der Waals surface area contributed by atoms with Crippen LogP contribution in [-0.4, -0.2) is 27.5 Å². The number of hydrogen-bond acceptors (Lipinski definition) is 1. The van der Waals surface area contributed by atoms with Crippen LogP contribution < -0.4 is 3.58 Å². The molecular weight excluding hydrogens is 217 g/mol. The van der Waals surface area contributed by atoms with Gasteiger partial charge in [0.2, 0.25) is 0 Å². The summed E-state index contributed by atoms with van der Waals surface area (Å²) in [6, 6.07) is 4.19. The molecule has 3 radical (unpaired) electrons. The van der Waals surface area contributed by atoms with Crippen LogP contribution in [0.5, 0.6) is 0 Å². The second-order valence-electron chi connectivity index (χ2n) is 2.09. The Morgan fingerprint density at radius 3 is 2.44 bits per heavy atom. The summed E-state index contributed by atoms with van der Waals surface area (Å²) in [4.78, 5) is 4.30. The first-order valence-electron chi connectivity index (χ1n) is 2.86. The monoisotopic (exact) mass is 226 g/mol. The van der Waals surface area contributed by atoms with E-state index < -0.39 is 0 Å². The predicted octanol–water partition coefficient (Wildman–Crippen LogP) is 0.492. The maximum absolute atomic E-state index is 4.30. The maximum atomic E-state index is 4.30. The molecule has 0 aliphatic heterocycles. The van der Waals surface area contributed by atoms with Crippen molar-refractivity contribution in [3.63, 3.8) is 0 Å². The molecule has 1 aromatic heterocycles. The molecule has 2 heteroatoms. The van der Waals surface area contributed by atoms with Crippen LogP contribution in [0, 0.1) is 13.8 Å². The summed E-state index contributed by atoms with van der Waals surface area (Å²) in [5.41, 5.74) is 2.28. The first kappa shape index (κ1) is 7.06. The van der Waals surface area contributed by atoms with Gasteiger partial charge in [-0.15, -0.1) is 0 Å². The van der Waals surface area contributed by atoms with E-state index in [9.17, 15) is 0 Å². The molecular formula is C7H8NSn. The summed E-state index contributed by atoms with van der Waals surface area (Å²) >= 11 is 1.45. The van der Waals surface area contributed by atoms with E-state index in [1.165, 1.54) is 31.8 Å². The summed E-state index contributed by atoms with van der Waals surface area (Å²) in [6.07, 6.45) is 0. The summed E-state index contributed by atoms with van der Waals surface area (Å²) in [7, 11) is 0. The zero-order chi connectivity index (χ0) is 6.85. The third kappa shape index (κ3) is 1.68. The molecule has 1 rings (SSSR count). The Hall–Kier alpha value is -0.0513. The van der Waals surface area contributed by atoms with Crippen LogP contribution in [0.4, 0.5) is 0 Å². The van der Waals surface area contributed by atoms with Crippen LogP contribution in [0.2, 0.25) is 0 Å². The molecule has 0 aromatic carbocycles. The van der Waals surface area contributed by atoms with Gasteiger partial charge >= 0.3 is 68.5 Å². The zero-order valence-corrected chi connectivity index (χ0v) is 8.46. The third-order valence-electron chi connectivity index (χ3n) is 1.23. The normalized spacial score (nSPS) is 9.67. The molecule has 0 atom stereocenters. The van der Waals surface area contributed by atoms with Crippen molar-refractivity contribution in [3.05, 3.63) is 23.5 Å². The molecule has 0 aliphatic rings. The first-order chi connectivity index (χ1) is 4.20. The summed E-state index contributed by atoms with van der Waals surface area (Å²) < 4.78 is 1.35. The molecule has 0 spiro atoms. The Morgan fingerprint density at radius 1 is 1.33 bits per heavy atom. The Labute approximate surface area is 68.6 Å². The van der Waals surface area contributed by atoms with Gasteiger partial charge in [0.1, 0.15) is 0 Å². The fraction of sp³-hybridized carbons (Fsp3) is 0.286. The number of aromatic nitrogens is 1. The van der Waals surface area contributed by atoms with E-state index in [0.29, 0.717) is 0 Å². The van der Waals surface area contributed by atoms with Crippen molar-refractivity contribution in [2.75, 3.05) is 0 Å². The molecule has 0 aliphatic carbocycles. The van der Waals surface area contributed by atoms with Crippen molar-refractivity contribution in [1.29, 1.82) is 0 Å². The molecule has 1 heterocycles. The van der Waals surface area contributed by atoms with Gasteiger partial charge in [-0.2, -0.15) is 0 Å². The molecule has 0 bridgehead atoms. The van der Waals surface area contributed by atoms with E-state index in [2.05, 4.69) is 24.0 Å². The fourth-order valence-corrected chi connectivity index (χ4v) is 1.08. The molecule has 1 aromatic rings. The van der Waals surface area contributed by atoms with Crippen molar-refractivity contribution in [2.24, 2.45) is 0 Å². The van der Waals surface area contributed by atoms with Gasteiger partial charge in [-0.3, -0.25) is 0 Å². The zero-order valence-electron chi connectivity index (χ0n) is 5.60. The molecule has 45 valence electrons. The van der Waals surface area contributed by atoms with E-state index in [0.717, 1.165) is 5.69 Å². The quantitative estimate of drug-likeness (QED) is 0.585. The predicted molar refractivity (Wildman–Crippen MR) is 39.1 cm³/mol. The van der Waals surface area contributed by atoms with E-state index in [1.54, 1.807) is 0 Å². The topological polar surface area (TPSA) is 12.9 Å². The molecule has 9 heavy (non-hydrogen) atoms. The first-order valence-corrected chi connectivity index (χ1v) is 4.28. The van der Waals surface area contributed by atoms with E-state index in [1.807, 2.05) is 6.92 Å². The Balaban J connectivity index is 3.17. The van der Waals surface area contributed by atoms with Crippen molar-refractivity contribution >= 4 is 26.1 Å². The van der Waals surface area contributed by atoms with Crippen LogP contribution in [0.1, 0.15) is 11.4 Å². The SMILES string of the molecule is Cc1cc[c]([Sn])c(C)n1. The number of aryl methyl sites for hydroxylation is 2. The number of hydrogen-bond donors (Lipinski definition) is 0. The standard InChI is InChI=1S/C7H8N.Sn/c1-6-4-3-5-7(2)8-6;/h3-4H,1-2H3;. The summed E-state index contributed by atoms with van der Waals surface area (Å²) in [5.74, 6) is 0. The number of rotatable bonds is 0. The van der Waals surface area contributed by atoms with Crippen molar-refractivity contribution in [3.8, 4) is 0 Å². The third-order valence-corrected chi connectivity index (χ3v) is 2.73. The van der Waals surface area contributed by atoms with Crippen molar-refractivity contribution in [2.45, 2.75) is 13.8 Å². The Morgan fingerprint density at radius 2 is 2.00 bits per heavy atom.